The lowest BCUT2D eigenvalue weighted by atomic mass is 10.0. The maximum absolute atomic E-state index is 14.9. The number of nitrogens with zero attached hydrogens (tertiary/aromatic N) is 4. The first-order chi connectivity index (χ1) is 18.1. The van der Waals surface area contributed by atoms with E-state index in [9.17, 15) is 22.4 Å². The van der Waals surface area contributed by atoms with Crippen LogP contribution >= 0.6 is 11.6 Å². The molecule has 0 radical (unpaired) electrons. The van der Waals surface area contributed by atoms with Crippen molar-refractivity contribution in [1.82, 2.24) is 14.5 Å². The quantitative estimate of drug-likeness (QED) is 0.449. The van der Waals surface area contributed by atoms with Crippen molar-refractivity contribution in [3.05, 3.63) is 39.8 Å². The van der Waals surface area contributed by atoms with Crippen molar-refractivity contribution in [2.45, 2.75) is 43.6 Å². The van der Waals surface area contributed by atoms with Crippen molar-refractivity contribution in [2.24, 2.45) is 13.0 Å². The molecule has 38 heavy (non-hydrogen) atoms. The standard InChI is InChI=1S/C25H25ClF4N6O2/c1-35-18-5-4-15(32-22-17(26)8-31-24(34-22)36-9-13(27)6-14(28)10-36)7-16(18)19-20(23(35)37)38-11-25(29,30)21(33-19)12-2-3-12/h4-5,7-8,12-14,21,33H,2-3,6,9-11H2,1H3,(H,31,32,34)/t13-,14+,21?. The number of ether oxygens (including phenoxy) is 1. The zero-order chi connectivity index (χ0) is 26.8. The van der Waals surface area contributed by atoms with Gasteiger partial charge in [0.2, 0.25) is 11.7 Å². The van der Waals surface area contributed by atoms with Gasteiger partial charge in [0.1, 0.15) is 17.4 Å². The second-order valence-corrected chi connectivity index (χ2v) is 10.5. The molecule has 4 heterocycles. The maximum atomic E-state index is 14.9. The summed E-state index contributed by atoms with van der Waals surface area (Å²) in [4.78, 5) is 22.9. The first-order valence-electron chi connectivity index (χ1n) is 12.4. The highest BCUT2D eigenvalue weighted by Crippen LogP contribution is 2.45. The molecule has 2 fully saturated rings. The van der Waals surface area contributed by atoms with E-state index in [1.54, 1.807) is 25.2 Å². The second kappa shape index (κ2) is 9.18. The van der Waals surface area contributed by atoms with E-state index in [0.29, 0.717) is 29.4 Å². The Bertz CT molecular complexity index is 1460. The fraction of sp³-hybridized carbons (Fsp3) is 0.480. The number of nitrogens with one attached hydrogen (secondary N) is 2. The van der Waals surface area contributed by atoms with Gasteiger partial charge in [0, 0.05) is 24.5 Å². The molecule has 3 aromatic rings. The van der Waals surface area contributed by atoms with Crippen molar-refractivity contribution in [1.29, 1.82) is 0 Å². The van der Waals surface area contributed by atoms with Gasteiger partial charge in [-0.2, -0.15) is 4.98 Å². The molecule has 1 unspecified atom stereocenters. The van der Waals surface area contributed by atoms with Gasteiger partial charge in [-0.05, 0) is 37.0 Å². The average Bonchev–Trinajstić information content (AvgIpc) is 3.71. The van der Waals surface area contributed by atoms with Crippen molar-refractivity contribution in [3.8, 4) is 5.75 Å². The normalized spacial score (nSPS) is 24.8. The molecule has 1 aromatic carbocycles. The lowest BCUT2D eigenvalue weighted by Gasteiger charge is -2.31. The number of aryl methyl sites for hydroxylation is 1. The van der Waals surface area contributed by atoms with Crippen molar-refractivity contribution < 1.29 is 22.3 Å². The summed E-state index contributed by atoms with van der Waals surface area (Å²) >= 11 is 6.32. The van der Waals surface area contributed by atoms with Crippen LogP contribution in [0.25, 0.3) is 10.9 Å². The van der Waals surface area contributed by atoms with E-state index in [2.05, 4.69) is 20.6 Å². The average molecular weight is 553 g/mol. The van der Waals surface area contributed by atoms with Gasteiger partial charge in [0.25, 0.3) is 5.56 Å². The minimum atomic E-state index is -3.15. The third-order valence-electron chi connectivity index (χ3n) is 7.24. The Hall–Kier alpha value is -3.28. The van der Waals surface area contributed by atoms with Crippen molar-refractivity contribution in [3.63, 3.8) is 0 Å². The summed E-state index contributed by atoms with van der Waals surface area (Å²) in [5, 5.41) is 6.70. The Morgan fingerprint density at radius 3 is 2.66 bits per heavy atom. The van der Waals surface area contributed by atoms with Gasteiger partial charge >= 0.3 is 5.92 Å². The molecule has 2 N–H and O–H groups in total. The van der Waals surface area contributed by atoms with Crippen molar-refractivity contribution in [2.75, 3.05) is 35.2 Å². The Kier molecular flexibility index (Phi) is 6.04. The Labute approximate surface area is 220 Å². The fourth-order valence-electron chi connectivity index (χ4n) is 5.16. The molecule has 1 aliphatic carbocycles. The summed E-state index contributed by atoms with van der Waals surface area (Å²) in [5.41, 5.74) is 0.707. The number of aromatic nitrogens is 3. The number of fused-ring (bicyclic) bond motifs is 3. The lowest BCUT2D eigenvalue weighted by Crippen LogP contribution is -2.44. The minimum Gasteiger partial charge on any atom is -0.480 e. The van der Waals surface area contributed by atoms with Crippen LogP contribution in [0.1, 0.15) is 19.3 Å². The molecule has 0 amide bonds. The zero-order valence-corrected chi connectivity index (χ0v) is 21.1. The van der Waals surface area contributed by atoms with Gasteiger partial charge in [-0.3, -0.25) is 4.79 Å². The Morgan fingerprint density at radius 2 is 1.95 bits per heavy atom. The van der Waals surface area contributed by atoms with E-state index in [1.165, 1.54) is 15.7 Å². The number of hydrogen-bond acceptors (Lipinski definition) is 7. The Balaban J connectivity index is 1.38. The van der Waals surface area contributed by atoms with Gasteiger partial charge in [-0.15, -0.1) is 0 Å². The molecule has 2 aromatic heterocycles. The first kappa shape index (κ1) is 25.0. The van der Waals surface area contributed by atoms with Crippen LogP contribution in [0.2, 0.25) is 5.02 Å². The van der Waals surface area contributed by atoms with E-state index in [4.69, 9.17) is 16.3 Å². The van der Waals surface area contributed by atoms with Crippen LogP contribution in [-0.4, -0.2) is 58.5 Å². The number of pyridine rings is 1. The van der Waals surface area contributed by atoms with Crippen LogP contribution < -0.4 is 25.8 Å². The van der Waals surface area contributed by atoms with Gasteiger partial charge in [0.05, 0.1) is 36.5 Å². The maximum Gasteiger partial charge on any atom is 0.301 e. The second-order valence-electron chi connectivity index (χ2n) is 10.1. The number of halogens is 5. The number of anilines is 4. The van der Waals surface area contributed by atoms with E-state index in [-0.39, 0.29) is 53.7 Å². The molecule has 13 heteroatoms. The number of benzene rings is 1. The van der Waals surface area contributed by atoms with Crippen LogP contribution in [0.4, 0.5) is 40.7 Å². The van der Waals surface area contributed by atoms with E-state index in [1.807, 2.05) is 0 Å². The van der Waals surface area contributed by atoms with Gasteiger partial charge in [-0.25, -0.2) is 22.5 Å². The third kappa shape index (κ3) is 4.48. The SMILES string of the molecule is Cn1c(=O)c2c(c3cc(Nc4nc(N5C[C@H](F)C[C@H](F)C5)ncc4Cl)ccc31)NC(C1CC1)C(F)(F)CO2. The number of piperidine rings is 1. The molecule has 1 saturated heterocycles. The minimum absolute atomic E-state index is 0.0317. The summed E-state index contributed by atoms with van der Waals surface area (Å²) in [6.45, 7) is -0.950. The van der Waals surface area contributed by atoms with Gasteiger partial charge in [-0.1, -0.05) is 11.6 Å². The first-order valence-corrected chi connectivity index (χ1v) is 12.7. The summed E-state index contributed by atoms with van der Waals surface area (Å²) in [6, 6.07) is 3.90. The number of alkyl halides is 4. The van der Waals surface area contributed by atoms with Gasteiger partial charge in [0.15, 0.2) is 12.4 Å². The van der Waals surface area contributed by atoms with Crippen LogP contribution in [0, 0.1) is 5.92 Å². The van der Waals surface area contributed by atoms with Crippen LogP contribution in [0.15, 0.2) is 29.2 Å². The molecule has 202 valence electrons. The highest BCUT2D eigenvalue weighted by molar-refractivity contribution is 6.32. The van der Waals surface area contributed by atoms with E-state index < -0.39 is 36.5 Å². The zero-order valence-electron chi connectivity index (χ0n) is 20.4. The molecule has 1 saturated carbocycles. The molecule has 3 aliphatic rings. The summed E-state index contributed by atoms with van der Waals surface area (Å²) in [7, 11) is 1.55. The predicted molar refractivity (Wildman–Crippen MR) is 137 cm³/mol. The molecule has 3 atom stereocenters. The topological polar surface area (TPSA) is 84.3 Å². The lowest BCUT2D eigenvalue weighted by molar-refractivity contribution is -0.0579. The van der Waals surface area contributed by atoms with Crippen LogP contribution in [0.5, 0.6) is 5.75 Å². The number of hydrogen-bond donors (Lipinski definition) is 2. The highest BCUT2D eigenvalue weighted by atomic mass is 35.5. The fourth-order valence-corrected chi connectivity index (χ4v) is 5.30. The Morgan fingerprint density at radius 1 is 1.21 bits per heavy atom. The van der Waals surface area contributed by atoms with Gasteiger partial charge < -0.3 is 24.8 Å². The van der Waals surface area contributed by atoms with E-state index >= 15 is 0 Å². The molecular formula is C25H25ClF4N6O2. The smallest absolute Gasteiger partial charge is 0.301 e. The number of rotatable bonds is 4. The summed E-state index contributed by atoms with van der Waals surface area (Å²) < 4.78 is 64.4. The third-order valence-corrected chi connectivity index (χ3v) is 7.51. The largest absolute Gasteiger partial charge is 0.480 e. The molecular weight excluding hydrogens is 528 g/mol. The molecule has 8 nitrogen and oxygen atoms in total. The highest BCUT2D eigenvalue weighted by Gasteiger charge is 2.51. The predicted octanol–water partition coefficient (Wildman–Crippen LogP) is 4.83. The summed E-state index contributed by atoms with van der Waals surface area (Å²) in [5.74, 6) is -3.18. The monoisotopic (exact) mass is 552 g/mol. The molecule has 6 rings (SSSR count). The molecule has 0 spiro atoms. The van der Waals surface area contributed by atoms with E-state index in [0.717, 1.165) is 0 Å². The van der Waals surface area contributed by atoms with Crippen LogP contribution in [0.3, 0.4) is 0 Å². The van der Waals surface area contributed by atoms with Crippen molar-refractivity contribution >= 4 is 45.6 Å². The molecule has 2 aliphatic heterocycles. The molecule has 0 bridgehead atoms. The van der Waals surface area contributed by atoms with Crippen LogP contribution in [-0.2, 0) is 7.05 Å². The summed E-state index contributed by atoms with van der Waals surface area (Å²) in [6.07, 6.45) is -0.136.